The van der Waals surface area contributed by atoms with Crippen molar-refractivity contribution in [3.8, 4) is 0 Å². The number of esters is 1. The highest BCUT2D eigenvalue weighted by atomic mass is 32.1. The van der Waals surface area contributed by atoms with Gasteiger partial charge in [0.25, 0.3) is 0 Å². The molecule has 0 aliphatic heterocycles. The van der Waals surface area contributed by atoms with E-state index in [0.717, 1.165) is 44.1 Å². The van der Waals surface area contributed by atoms with Crippen LogP contribution in [-0.4, -0.2) is 19.0 Å². The third-order valence-electron chi connectivity index (χ3n) is 4.93. The molecule has 128 valence electrons. The van der Waals surface area contributed by atoms with Gasteiger partial charge in [0.1, 0.15) is 5.00 Å². The van der Waals surface area contributed by atoms with E-state index in [1.165, 1.54) is 12.0 Å². The maximum Gasteiger partial charge on any atom is 0.341 e. The molecule has 23 heavy (non-hydrogen) atoms. The second-order valence-corrected chi connectivity index (χ2v) is 7.32. The highest BCUT2D eigenvalue weighted by Crippen LogP contribution is 2.41. The number of anilines is 1. The molecule has 1 aliphatic carbocycles. The van der Waals surface area contributed by atoms with E-state index in [9.17, 15) is 9.59 Å². The van der Waals surface area contributed by atoms with Gasteiger partial charge in [-0.3, -0.25) is 4.79 Å². The third kappa shape index (κ3) is 3.77. The van der Waals surface area contributed by atoms with Crippen LogP contribution in [0.1, 0.15) is 67.3 Å². The quantitative estimate of drug-likeness (QED) is 0.782. The Labute approximate surface area is 142 Å². The lowest BCUT2D eigenvalue weighted by atomic mass is 9.85. The number of rotatable bonds is 6. The van der Waals surface area contributed by atoms with Gasteiger partial charge < -0.3 is 10.1 Å². The lowest BCUT2D eigenvalue weighted by molar-refractivity contribution is -0.120. The fourth-order valence-electron chi connectivity index (χ4n) is 3.28. The molecule has 1 aromatic rings. The Balaban J connectivity index is 2.33. The van der Waals surface area contributed by atoms with E-state index >= 15 is 0 Å². The summed E-state index contributed by atoms with van der Waals surface area (Å²) in [6.45, 7) is 6.24. The van der Waals surface area contributed by atoms with Gasteiger partial charge in [0, 0.05) is 10.8 Å². The zero-order valence-corrected chi connectivity index (χ0v) is 15.3. The van der Waals surface area contributed by atoms with E-state index in [0.29, 0.717) is 16.5 Å². The molecule has 1 heterocycles. The number of methoxy groups -OCH3 is 1. The maximum absolute atomic E-state index is 12.4. The number of amides is 1. The Bertz CT molecular complexity index is 575. The molecule has 0 saturated carbocycles. The average Bonchev–Trinajstić information content (AvgIpc) is 2.91. The van der Waals surface area contributed by atoms with Gasteiger partial charge in [-0.1, -0.05) is 27.2 Å². The molecule has 1 N–H and O–H groups in total. The molecule has 5 heteroatoms. The number of carbonyl (C=O) groups is 2. The molecule has 0 aromatic carbocycles. The zero-order chi connectivity index (χ0) is 17.0. The molecule has 0 fully saturated rings. The normalized spacial score (nSPS) is 17.0. The molecular weight excluding hydrogens is 310 g/mol. The van der Waals surface area contributed by atoms with Crippen LogP contribution in [0.2, 0.25) is 0 Å². The summed E-state index contributed by atoms with van der Waals surface area (Å²) in [6.07, 6.45) is 5.76. The largest absolute Gasteiger partial charge is 0.465 e. The van der Waals surface area contributed by atoms with Gasteiger partial charge in [0.05, 0.1) is 12.7 Å². The third-order valence-corrected chi connectivity index (χ3v) is 6.10. The smallest absolute Gasteiger partial charge is 0.341 e. The Morgan fingerprint density at radius 3 is 2.57 bits per heavy atom. The van der Waals surface area contributed by atoms with E-state index in [1.807, 2.05) is 13.8 Å². The highest BCUT2D eigenvalue weighted by molar-refractivity contribution is 7.17. The van der Waals surface area contributed by atoms with Gasteiger partial charge >= 0.3 is 5.97 Å². The zero-order valence-electron chi connectivity index (χ0n) is 14.5. The number of nitrogens with one attached hydrogen (secondary N) is 1. The van der Waals surface area contributed by atoms with Crippen molar-refractivity contribution in [3.05, 3.63) is 16.0 Å². The van der Waals surface area contributed by atoms with Crippen molar-refractivity contribution in [2.45, 2.75) is 59.3 Å². The Morgan fingerprint density at radius 1 is 1.30 bits per heavy atom. The van der Waals surface area contributed by atoms with Crippen LogP contribution in [0.4, 0.5) is 5.00 Å². The fraction of sp³-hybridized carbons (Fsp3) is 0.667. The summed E-state index contributed by atoms with van der Waals surface area (Å²) in [6, 6.07) is 0. The van der Waals surface area contributed by atoms with E-state index in [2.05, 4.69) is 12.2 Å². The monoisotopic (exact) mass is 337 g/mol. The first-order chi connectivity index (χ1) is 11.0. The molecule has 1 aromatic heterocycles. The Morgan fingerprint density at radius 2 is 2.00 bits per heavy atom. The van der Waals surface area contributed by atoms with E-state index in [4.69, 9.17) is 4.74 Å². The van der Waals surface area contributed by atoms with Crippen molar-refractivity contribution < 1.29 is 14.3 Å². The number of ether oxygens (including phenoxy) is 1. The predicted molar refractivity (Wildman–Crippen MR) is 94.2 cm³/mol. The first-order valence-corrected chi connectivity index (χ1v) is 9.40. The second-order valence-electron chi connectivity index (χ2n) is 6.22. The van der Waals surface area contributed by atoms with Crippen molar-refractivity contribution in [3.63, 3.8) is 0 Å². The van der Waals surface area contributed by atoms with Gasteiger partial charge in [-0.25, -0.2) is 4.79 Å². The van der Waals surface area contributed by atoms with Crippen molar-refractivity contribution >= 4 is 28.2 Å². The van der Waals surface area contributed by atoms with Crippen LogP contribution in [0.3, 0.4) is 0 Å². The number of thiophene rings is 1. The maximum atomic E-state index is 12.4. The van der Waals surface area contributed by atoms with Crippen LogP contribution in [0.5, 0.6) is 0 Å². The summed E-state index contributed by atoms with van der Waals surface area (Å²) in [7, 11) is 1.40. The highest BCUT2D eigenvalue weighted by Gasteiger charge is 2.30. The summed E-state index contributed by atoms with van der Waals surface area (Å²) in [5.74, 6) is 0.334. The van der Waals surface area contributed by atoms with Gasteiger partial charge in [-0.05, 0) is 43.6 Å². The van der Waals surface area contributed by atoms with Crippen LogP contribution in [-0.2, 0) is 22.4 Å². The molecule has 1 amide bonds. The Hall–Kier alpha value is -1.36. The molecule has 0 spiro atoms. The predicted octanol–water partition coefficient (Wildman–Crippen LogP) is 4.42. The minimum Gasteiger partial charge on any atom is -0.465 e. The SMILES string of the molecule is CCC1CCc2c(sc(NC(=O)C(CC)CC)c2C(=O)OC)C1. The summed E-state index contributed by atoms with van der Waals surface area (Å²) in [5, 5.41) is 3.67. The minimum atomic E-state index is -0.336. The Kier molecular flexibility index (Phi) is 6.22. The first-order valence-electron chi connectivity index (χ1n) is 8.59. The molecular formula is C18H27NO3S. The van der Waals surface area contributed by atoms with Crippen LogP contribution >= 0.6 is 11.3 Å². The van der Waals surface area contributed by atoms with Crippen molar-refractivity contribution in [1.29, 1.82) is 0 Å². The van der Waals surface area contributed by atoms with Crippen molar-refractivity contribution in [2.75, 3.05) is 12.4 Å². The van der Waals surface area contributed by atoms with Crippen LogP contribution in [0, 0.1) is 11.8 Å². The first kappa shape index (κ1) is 18.0. The topological polar surface area (TPSA) is 55.4 Å². The molecule has 0 saturated heterocycles. The lowest BCUT2D eigenvalue weighted by Gasteiger charge is -2.20. The number of fused-ring (bicyclic) bond motifs is 1. The summed E-state index contributed by atoms with van der Waals surface area (Å²) < 4.78 is 4.97. The summed E-state index contributed by atoms with van der Waals surface area (Å²) in [4.78, 5) is 25.9. The van der Waals surface area contributed by atoms with Gasteiger partial charge in [0.2, 0.25) is 5.91 Å². The lowest BCUT2D eigenvalue weighted by Crippen LogP contribution is -2.22. The standard InChI is InChI=1S/C18H27NO3S/c1-5-11-8-9-13-14(10-11)23-17(15(13)18(21)22-4)19-16(20)12(6-2)7-3/h11-12H,5-10H2,1-4H3,(H,19,20). The van der Waals surface area contributed by atoms with Crippen molar-refractivity contribution in [2.24, 2.45) is 11.8 Å². The van der Waals surface area contributed by atoms with Crippen LogP contribution in [0.15, 0.2) is 0 Å². The molecule has 1 aliphatic rings. The van der Waals surface area contributed by atoms with Gasteiger partial charge in [-0.2, -0.15) is 0 Å². The summed E-state index contributed by atoms with van der Waals surface area (Å²) in [5.41, 5.74) is 1.67. The van der Waals surface area contributed by atoms with Gasteiger partial charge in [-0.15, -0.1) is 11.3 Å². The molecule has 4 nitrogen and oxygen atoms in total. The fourth-order valence-corrected chi connectivity index (χ4v) is 4.64. The average molecular weight is 337 g/mol. The van der Waals surface area contributed by atoms with E-state index in [-0.39, 0.29) is 17.8 Å². The molecule has 0 bridgehead atoms. The number of hydrogen-bond donors (Lipinski definition) is 1. The van der Waals surface area contributed by atoms with Crippen molar-refractivity contribution in [1.82, 2.24) is 0 Å². The molecule has 1 unspecified atom stereocenters. The molecule has 2 rings (SSSR count). The summed E-state index contributed by atoms with van der Waals surface area (Å²) >= 11 is 1.56. The van der Waals surface area contributed by atoms with E-state index in [1.54, 1.807) is 11.3 Å². The number of carbonyl (C=O) groups excluding carboxylic acids is 2. The molecule has 1 atom stereocenters. The van der Waals surface area contributed by atoms with Crippen LogP contribution < -0.4 is 5.32 Å². The molecule has 0 radical (unpaired) electrons. The van der Waals surface area contributed by atoms with Crippen LogP contribution in [0.25, 0.3) is 0 Å². The minimum absolute atomic E-state index is 0.00536. The van der Waals surface area contributed by atoms with Gasteiger partial charge in [0.15, 0.2) is 0 Å². The second kappa shape index (κ2) is 7.95. The number of hydrogen-bond acceptors (Lipinski definition) is 4. The van der Waals surface area contributed by atoms with E-state index < -0.39 is 0 Å².